The van der Waals surface area contributed by atoms with Gasteiger partial charge in [0.2, 0.25) is 0 Å². The van der Waals surface area contributed by atoms with Crippen molar-refractivity contribution in [1.29, 1.82) is 0 Å². The number of aromatic amines is 2. The Hall–Kier alpha value is -2.41. The number of nitrogens with one attached hydrogen (secondary N) is 2. The number of aromatic nitrogens is 5. The fraction of sp³-hybridized carbons (Fsp3) is 0.400. The van der Waals surface area contributed by atoms with Crippen LogP contribution in [-0.2, 0) is 11.3 Å². The number of fused-ring (bicyclic) bond motifs is 2. The lowest BCUT2D eigenvalue weighted by molar-refractivity contribution is 0.0840. The zero-order valence-corrected chi connectivity index (χ0v) is 12.0. The molecule has 2 N–H and O–H groups in total. The molecule has 3 aromatic heterocycles. The Balaban J connectivity index is 1.75. The molecule has 1 saturated heterocycles. The van der Waals surface area contributed by atoms with Gasteiger partial charge in [0.15, 0.2) is 0 Å². The highest BCUT2D eigenvalue weighted by Crippen LogP contribution is 2.39. The number of hydrogen-bond donors (Lipinski definition) is 2. The van der Waals surface area contributed by atoms with Gasteiger partial charge in [-0.3, -0.25) is 10.2 Å². The van der Waals surface area contributed by atoms with E-state index in [9.17, 15) is 0 Å². The van der Waals surface area contributed by atoms with E-state index in [2.05, 4.69) is 30.3 Å². The topological polar surface area (TPSA) is 82.7 Å². The van der Waals surface area contributed by atoms with E-state index in [4.69, 9.17) is 4.74 Å². The molecule has 1 fully saturated rings. The Morgan fingerprint density at radius 1 is 1.23 bits per heavy atom. The van der Waals surface area contributed by atoms with E-state index in [1.807, 2.05) is 18.5 Å². The minimum Gasteiger partial charge on any atom is -0.381 e. The van der Waals surface area contributed by atoms with Gasteiger partial charge in [-0.15, -0.1) is 0 Å². The summed E-state index contributed by atoms with van der Waals surface area (Å²) in [5, 5.41) is 16.1. The van der Waals surface area contributed by atoms with Gasteiger partial charge in [0, 0.05) is 37.2 Å². The van der Waals surface area contributed by atoms with Gasteiger partial charge in [0.05, 0.1) is 23.1 Å². The molecule has 0 radical (unpaired) electrons. The Morgan fingerprint density at radius 2 is 2.14 bits per heavy atom. The first-order valence-electron chi connectivity index (χ1n) is 7.62. The number of pyridine rings is 1. The smallest absolute Gasteiger partial charge is 0.140 e. The molecule has 0 bridgehead atoms. The van der Waals surface area contributed by atoms with Crippen LogP contribution in [0.15, 0.2) is 18.5 Å². The molecular formula is C15H16N6O. The van der Waals surface area contributed by atoms with Crippen molar-refractivity contribution in [1.82, 2.24) is 25.4 Å². The van der Waals surface area contributed by atoms with Crippen molar-refractivity contribution in [3.63, 3.8) is 0 Å². The summed E-state index contributed by atoms with van der Waals surface area (Å²) in [6.07, 6.45) is 5.81. The van der Waals surface area contributed by atoms with Crippen LogP contribution in [0.25, 0.3) is 22.2 Å². The highest BCUT2D eigenvalue weighted by atomic mass is 16.5. The van der Waals surface area contributed by atoms with Gasteiger partial charge in [-0.1, -0.05) is 0 Å². The molecule has 7 nitrogen and oxygen atoms in total. The van der Waals surface area contributed by atoms with Crippen LogP contribution in [0.5, 0.6) is 0 Å². The number of hydrogen-bond acceptors (Lipinski definition) is 5. The van der Waals surface area contributed by atoms with Crippen molar-refractivity contribution in [3.8, 4) is 11.3 Å². The van der Waals surface area contributed by atoms with E-state index in [-0.39, 0.29) is 0 Å². The molecule has 22 heavy (non-hydrogen) atoms. The zero-order valence-electron chi connectivity index (χ0n) is 12.0. The van der Waals surface area contributed by atoms with Gasteiger partial charge in [-0.05, 0) is 18.9 Å². The number of ether oxygens (including phenoxy) is 1. The second-order valence-electron chi connectivity index (χ2n) is 5.85. The SMILES string of the molecule is c1cc2[nH]nc3c2c(n1)N(C1CCOCC1)Cc1n[nH]cc1-3. The highest BCUT2D eigenvalue weighted by molar-refractivity contribution is 6.02. The van der Waals surface area contributed by atoms with Crippen LogP contribution in [0, 0.1) is 0 Å². The van der Waals surface area contributed by atoms with Gasteiger partial charge in [-0.2, -0.15) is 10.2 Å². The first-order valence-corrected chi connectivity index (χ1v) is 7.62. The Labute approximate surface area is 126 Å². The number of anilines is 1. The molecule has 5 heterocycles. The molecule has 2 aliphatic rings. The normalized spacial score (nSPS) is 18.5. The predicted octanol–water partition coefficient (Wildman–Crippen LogP) is 1.85. The molecule has 0 unspecified atom stereocenters. The summed E-state index contributed by atoms with van der Waals surface area (Å²) in [6.45, 7) is 2.37. The van der Waals surface area contributed by atoms with E-state index in [1.54, 1.807) is 0 Å². The third kappa shape index (κ3) is 1.62. The average Bonchev–Trinajstić information content (AvgIpc) is 3.16. The molecule has 0 saturated carbocycles. The number of H-pyrrole nitrogens is 2. The molecule has 112 valence electrons. The quantitative estimate of drug-likeness (QED) is 0.716. The van der Waals surface area contributed by atoms with Gasteiger partial charge < -0.3 is 9.64 Å². The summed E-state index contributed by atoms with van der Waals surface area (Å²) in [7, 11) is 0. The predicted molar refractivity (Wildman–Crippen MR) is 81.5 cm³/mol. The largest absolute Gasteiger partial charge is 0.381 e. The van der Waals surface area contributed by atoms with Gasteiger partial charge in [-0.25, -0.2) is 4.98 Å². The standard InChI is InChI=1S/C15H16N6O/c1-4-16-15-13-11(1)19-20-14(13)10-7-17-18-12(10)8-21(15)9-2-5-22-6-3-9/h1,4,7,9H,2-3,5-6,8H2,(H,17,18)(H,19,20). The minimum absolute atomic E-state index is 0.428. The Kier molecular flexibility index (Phi) is 2.51. The fourth-order valence-electron chi connectivity index (χ4n) is 3.54. The lowest BCUT2D eigenvalue weighted by Crippen LogP contribution is -2.39. The first kappa shape index (κ1) is 12.2. The molecule has 0 amide bonds. The van der Waals surface area contributed by atoms with Gasteiger partial charge in [0.1, 0.15) is 11.5 Å². The van der Waals surface area contributed by atoms with Crippen molar-refractivity contribution in [2.75, 3.05) is 18.1 Å². The third-order valence-electron chi connectivity index (χ3n) is 4.65. The first-order chi connectivity index (χ1) is 10.9. The van der Waals surface area contributed by atoms with Gasteiger partial charge in [0.25, 0.3) is 0 Å². The fourth-order valence-corrected chi connectivity index (χ4v) is 3.54. The van der Waals surface area contributed by atoms with Gasteiger partial charge >= 0.3 is 0 Å². The lowest BCUT2D eigenvalue weighted by atomic mass is 10.1. The monoisotopic (exact) mass is 296 g/mol. The summed E-state index contributed by atoms with van der Waals surface area (Å²) >= 11 is 0. The number of nitrogens with zero attached hydrogens (tertiary/aromatic N) is 4. The molecule has 7 heteroatoms. The summed E-state index contributed by atoms with van der Waals surface area (Å²) in [5.41, 5.74) is 4.05. The molecule has 3 aromatic rings. The summed E-state index contributed by atoms with van der Waals surface area (Å²) in [4.78, 5) is 7.05. The summed E-state index contributed by atoms with van der Waals surface area (Å²) < 4.78 is 5.52. The van der Waals surface area contributed by atoms with Crippen molar-refractivity contribution in [3.05, 3.63) is 24.2 Å². The van der Waals surface area contributed by atoms with E-state index < -0.39 is 0 Å². The Morgan fingerprint density at radius 3 is 3.05 bits per heavy atom. The zero-order chi connectivity index (χ0) is 14.5. The van der Waals surface area contributed by atoms with Crippen LogP contribution in [0.1, 0.15) is 18.5 Å². The summed E-state index contributed by atoms with van der Waals surface area (Å²) in [6, 6.07) is 2.40. The molecule has 0 spiro atoms. The third-order valence-corrected chi connectivity index (χ3v) is 4.65. The van der Waals surface area contributed by atoms with E-state index in [0.717, 1.165) is 66.3 Å². The minimum atomic E-state index is 0.428. The highest BCUT2D eigenvalue weighted by Gasteiger charge is 2.31. The maximum atomic E-state index is 5.52. The maximum absolute atomic E-state index is 5.52. The molecule has 0 aliphatic carbocycles. The molecule has 0 atom stereocenters. The van der Waals surface area contributed by atoms with Crippen LogP contribution in [-0.4, -0.2) is 44.6 Å². The molecule has 0 aromatic carbocycles. The van der Waals surface area contributed by atoms with Crippen LogP contribution in [0.4, 0.5) is 5.82 Å². The Bertz CT molecular complexity index is 832. The molecule has 5 rings (SSSR count). The van der Waals surface area contributed by atoms with E-state index >= 15 is 0 Å². The van der Waals surface area contributed by atoms with Crippen LogP contribution >= 0.6 is 0 Å². The second kappa shape index (κ2) is 4.54. The maximum Gasteiger partial charge on any atom is 0.140 e. The van der Waals surface area contributed by atoms with E-state index in [1.165, 1.54) is 0 Å². The van der Waals surface area contributed by atoms with Crippen molar-refractivity contribution in [2.45, 2.75) is 25.4 Å². The van der Waals surface area contributed by atoms with Crippen LogP contribution < -0.4 is 4.90 Å². The van der Waals surface area contributed by atoms with Crippen LogP contribution in [0.2, 0.25) is 0 Å². The molecule has 2 aliphatic heterocycles. The molecular weight excluding hydrogens is 280 g/mol. The van der Waals surface area contributed by atoms with E-state index in [0.29, 0.717) is 6.04 Å². The van der Waals surface area contributed by atoms with Crippen molar-refractivity contribution in [2.24, 2.45) is 0 Å². The van der Waals surface area contributed by atoms with Crippen molar-refractivity contribution < 1.29 is 4.74 Å². The van der Waals surface area contributed by atoms with Crippen molar-refractivity contribution >= 4 is 16.7 Å². The van der Waals surface area contributed by atoms with Crippen LogP contribution in [0.3, 0.4) is 0 Å². The average molecular weight is 296 g/mol. The number of rotatable bonds is 1. The lowest BCUT2D eigenvalue weighted by Gasteiger charge is -2.34. The second-order valence-corrected chi connectivity index (χ2v) is 5.85. The summed E-state index contributed by atoms with van der Waals surface area (Å²) in [5.74, 6) is 1.01.